The van der Waals surface area contributed by atoms with Gasteiger partial charge < -0.3 is 14.8 Å². The first-order valence-electron chi connectivity index (χ1n) is 7.32. The second-order valence-corrected chi connectivity index (χ2v) is 7.27. The minimum Gasteiger partial charge on any atom is -0.489 e. The Balaban J connectivity index is 2.09. The average molecular weight is 332 g/mol. The molecular weight excluding hydrogens is 309 g/mol. The van der Waals surface area contributed by atoms with Crippen molar-refractivity contribution in [2.24, 2.45) is 0 Å². The van der Waals surface area contributed by atoms with Crippen molar-refractivity contribution in [3.05, 3.63) is 27.7 Å². The quantitative estimate of drug-likeness (QED) is 0.865. The maximum atomic E-state index is 6.29. The van der Waals surface area contributed by atoms with Crippen LogP contribution in [-0.4, -0.2) is 24.9 Å². The Kier molecular flexibility index (Phi) is 5.78. The van der Waals surface area contributed by atoms with Gasteiger partial charge in [0.1, 0.15) is 12.4 Å². The van der Waals surface area contributed by atoms with Crippen molar-refractivity contribution in [3.63, 3.8) is 0 Å². The van der Waals surface area contributed by atoms with Crippen LogP contribution >= 0.6 is 23.2 Å². The normalized spacial score (nSPS) is 19.0. The van der Waals surface area contributed by atoms with E-state index in [9.17, 15) is 0 Å². The van der Waals surface area contributed by atoms with Crippen molar-refractivity contribution in [1.82, 2.24) is 5.32 Å². The SMILES string of the molecule is CC(C)(C)NCc1cc(Cl)cc(Cl)c1OCC1CCCO1. The van der Waals surface area contributed by atoms with E-state index in [2.05, 4.69) is 26.1 Å². The van der Waals surface area contributed by atoms with E-state index in [1.54, 1.807) is 6.07 Å². The first kappa shape index (κ1) is 16.9. The molecule has 1 fully saturated rings. The van der Waals surface area contributed by atoms with Crippen LogP contribution in [0.1, 0.15) is 39.2 Å². The summed E-state index contributed by atoms with van der Waals surface area (Å²) in [6, 6.07) is 3.62. The first-order chi connectivity index (χ1) is 9.85. The molecule has 1 aromatic carbocycles. The van der Waals surface area contributed by atoms with E-state index >= 15 is 0 Å². The molecule has 0 bridgehead atoms. The Hall–Kier alpha value is -0.480. The second kappa shape index (κ2) is 7.19. The van der Waals surface area contributed by atoms with Crippen LogP contribution in [0, 0.1) is 0 Å². The molecule has 21 heavy (non-hydrogen) atoms. The fourth-order valence-corrected chi connectivity index (χ4v) is 2.81. The van der Waals surface area contributed by atoms with E-state index in [1.807, 2.05) is 6.07 Å². The molecule has 5 heteroatoms. The molecule has 0 aromatic heterocycles. The highest BCUT2D eigenvalue weighted by atomic mass is 35.5. The molecule has 1 aliphatic rings. The maximum absolute atomic E-state index is 6.29. The minimum atomic E-state index is 0.0145. The monoisotopic (exact) mass is 331 g/mol. The van der Waals surface area contributed by atoms with E-state index in [-0.39, 0.29) is 11.6 Å². The Morgan fingerprint density at radius 2 is 2.10 bits per heavy atom. The zero-order chi connectivity index (χ0) is 15.5. The first-order valence-corrected chi connectivity index (χ1v) is 8.08. The van der Waals surface area contributed by atoms with Gasteiger partial charge in [-0.15, -0.1) is 0 Å². The topological polar surface area (TPSA) is 30.5 Å². The predicted octanol–water partition coefficient (Wildman–Crippen LogP) is 4.44. The lowest BCUT2D eigenvalue weighted by Crippen LogP contribution is -2.35. The summed E-state index contributed by atoms with van der Waals surface area (Å²) in [5.74, 6) is 0.702. The van der Waals surface area contributed by atoms with Crippen LogP contribution in [0.4, 0.5) is 0 Å². The molecule has 1 atom stereocenters. The summed E-state index contributed by atoms with van der Waals surface area (Å²) in [4.78, 5) is 0. The molecule has 1 aromatic rings. The molecule has 118 valence electrons. The summed E-state index contributed by atoms with van der Waals surface area (Å²) in [5, 5.41) is 4.60. The summed E-state index contributed by atoms with van der Waals surface area (Å²) in [5.41, 5.74) is 0.987. The van der Waals surface area contributed by atoms with Crippen LogP contribution in [-0.2, 0) is 11.3 Å². The van der Waals surface area contributed by atoms with Crippen molar-refractivity contribution in [1.29, 1.82) is 0 Å². The van der Waals surface area contributed by atoms with Gasteiger partial charge in [0.25, 0.3) is 0 Å². The van der Waals surface area contributed by atoms with Gasteiger partial charge in [0.15, 0.2) is 0 Å². The summed E-state index contributed by atoms with van der Waals surface area (Å²) < 4.78 is 11.5. The average Bonchev–Trinajstić information content (AvgIpc) is 2.87. The van der Waals surface area contributed by atoms with Crippen LogP contribution in [0.3, 0.4) is 0 Å². The highest BCUT2D eigenvalue weighted by molar-refractivity contribution is 6.35. The molecule has 1 saturated heterocycles. The highest BCUT2D eigenvalue weighted by Gasteiger charge is 2.19. The standard InChI is InChI=1S/C16H23Cl2NO2/c1-16(2,3)19-9-11-7-12(17)8-14(18)15(11)21-10-13-5-4-6-20-13/h7-8,13,19H,4-6,9-10H2,1-3H3. The Morgan fingerprint density at radius 1 is 1.33 bits per heavy atom. The lowest BCUT2D eigenvalue weighted by Gasteiger charge is -2.22. The largest absolute Gasteiger partial charge is 0.489 e. The lowest BCUT2D eigenvalue weighted by atomic mass is 10.1. The molecule has 1 heterocycles. The van der Waals surface area contributed by atoms with Crippen LogP contribution in [0.15, 0.2) is 12.1 Å². The van der Waals surface area contributed by atoms with E-state index in [1.165, 1.54) is 0 Å². The number of halogens is 2. The van der Waals surface area contributed by atoms with E-state index in [4.69, 9.17) is 32.7 Å². The molecule has 3 nitrogen and oxygen atoms in total. The van der Waals surface area contributed by atoms with Gasteiger partial charge in [-0.25, -0.2) is 0 Å². The molecule has 1 aliphatic heterocycles. The Bertz CT molecular complexity index is 480. The van der Waals surface area contributed by atoms with Crippen molar-refractivity contribution >= 4 is 23.2 Å². The molecular formula is C16H23Cl2NO2. The van der Waals surface area contributed by atoms with E-state index in [0.717, 1.165) is 25.0 Å². The minimum absolute atomic E-state index is 0.0145. The van der Waals surface area contributed by atoms with Crippen LogP contribution < -0.4 is 10.1 Å². The third kappa shape index (κ3) is 5.33. The van der Waals surface area contributed by atoms with Gasteiger partial charge in [0, 0.05) is 29.3 Å². The number of hydrogen-bond donors (Lipinski definition) is 1. The van der Waals surface area contributed by atoms with Crippen molar-refractivity contribution in [2.75, 3.05) is 13.2 Å². The fourth-order valence-electron chi connectivity index (χ4n) is 2.22. The summed E-state index contributed by atoms with van der Waals surface area (Å²) >= 11 is 12.4. The number of hydrogen-bond acceptors (Lipinski definition) is 3. The van der Waals surface area contributed by atoms with Gasteiger partial charge in [-0.05, 0) is 45.7 Å². The molecule has 0 saturated carbocycles. The zero-order valence-electron chi connectivity index (χ0n) is 12.8. The van der Waals surface area contributed by atoms with Gasteiger partial charge in [-0.2, -0.15) is 0 Å². The molecule has 2 rings (SSSR count). The number of benzene rings is 1. The fraction of sp³-hybridized carbons (Fsp3) is 0.625. The van der Waals surface area contributed by atoms with Crippen molar-refractivity contribution < 1.29 is 9.47 Å². The molecule has 0 radical (unpaired) electrons. The van der Waals surface area contributed by atoms with Gasteiger partial charge in [-0.1, -0.05) is 23.2 Å². The summed E-state index contributed by atoms with van der Waals surface area (Å²) in [6.07, 6.45) is 2.31. The predicted molar refractivity (Wildman–Crippen MR) is 87.5 cm³/mol. The van der Waals surface area contributed by atoms with Gasteiger partial charge >= 0.3 is 0 Å². The van der Waals surface area contributed by atoms with Gasteiger partial charge in [0.2, 0.25) is 0 Å². The third-order valence-corrected chi connectivity index (χ3v) is 3.83. The maximum Gasteiger partial charge on any atom is 0.142 e. The summed E-state index contributed by atoms with van der Waals surface area (Å²) in [7, 11) is 0. The van der Waals surface area contributed by atoms with Gasteiger partial charge in [-0.3, -0.25) is 0 Å². The number of nitrogens with one attached hydrogen (secondary N) is 1. The molecule has 0 aliphatic carbocycles. The smallest absolute Gasteiger partial charge is 0.142 e. The second-order valence-electron chi connectivity index (χ2n) is 6.43. The Morgan fingerprint density at radius 3 is 2.71 bits per heavy atom. The number of ether oxygens (including phenoxy) is 2. The Labute approximate surface area is 136 Å². The van der Waals surface area contributed by atoms with E-state index < -0.39 is 0 Å². The van der Waals surface area contributed by atoms with Gasteiger partial charge in [0.05, 0.1) is 11.1 Å². The lowest BCUT2D eigenvalue weighted by molar-refractivity contribution is 0.0676. The van der Waals surface area contributed by atoms with Crippen LogP contribution in [0.25, 0.3) is 0 Å². The molecule has 1 unspecified atom stereocenters. The third-order valence-electron chi connectivity index (χ3n) is 3.33. The van der Waals surface area contributed by atoms with Crippen molar-refractivity contribution in [2.45, 2.75) is 51.8 Å². The summed E-state index contributed by atoms with van der Waals surface area (Å²) in [6.45, 7) is 8.36. The number of rotatable bonds is 5. The molecule has 0 spiro atoms. The van der Waals surface area contributed by atoms with Crippen LogP contribution in [0.5, 0.6) is 5.75 Å². The van der Waals surface area contributed by atoms with E-state index in [0.29, 0.717) is 28.9 Å². The van der Waals surface area contributed by atoms with Crippen molar-refractivity contribution in [3.8, 4) is 5.75 Å². The molecule has 1 N–H and O–H groups in total. The highest BCUT2D eigenvalue weighted by Crippen LogP contribution is 2.33. The zero-order valence-corrected chi connectivity index (χ0v) is 14.4. The molecule has 0 amide bonds. The van der Waals surface area contributed by atoms with Crippen LogP contribution in [0.2, 0.25) is 10.0 Å².